The summed E-state index contributed by atoms with van der Waals surface area (Å²) in [6.45, 7) is 1.74. The normalized spacial score (nSPS) is 21.4. The summed E-state index contributed by atoms with van der Waals surface area (Å²) in [5.74, 6) is 0. The van der Waals surface area contributed by atoms with Gasteiger partial charge in [-0.05, 0) is 12.5 Å². The number of anilines is 1. The van der Waals surface area contributed by atoms with E-state index in [1.54, 1.807) is 12.4 Å². The van der Waals surface area contributed by atoms with Gasteiger partial charge in [0.25, 0.3) is 0 Å². The van der Waals surface area contributed by atoms with Crippen LogP contribution in [0.5, 0.6) is 0 Å². The maximum atomic E-state index is 6.01. The van der Waals surface area contributed by atoms with E-state index < -0.39 is 0 Å². The van der Waals surface area contributed by atoms with Crippen molar-refractivity contribution < 1.29 is 0 Å². The average Bonchev–Trinajstić information content (AvgIpc) is 2.08. The number of nitrogens with two attached hydrogens (primary N) is 1. The van der Waals surface area contributed by atoms with Crippen LogP contribution in [0, 0.1) is 0 Å². The minimum absolute atomic E-state index is 0.458. The Kier molecular flexibility index (Phi) is 2.38. The van der Waals surface area contributed by atoms with Crippen molar-refractivity contribution in [2.75, 3.05) is 18.0 Å². The van der Waals surface area contributed by atoms with Crippen LogP contribution in [-0.4, -0.2) is 24.1 Å². The molecular weight excluding hydrogens is 186 g/mol. The maximum absolute atomic E-state index is 6.01. The average molecular weight is 198 g/mol. The number of aromatic nitrogens is 1. The molecule has 1 aliphatic rings. The molecule has 0 saturated carbocycles. The number of halogens is 1. The van der Waals surface area contributed by atoms with Crippen molar-refractivity contribution in [3.05, 3.63) is 23.5 Å². The zero-order valence-corrected chi connectivity index (χ0v) is 8.04. The van der Waals surface area contributed by atoms with E-state index in [2.05, 4.69) is 9.88 Å². The predicted octanol–water partition coefficient (Wildman–Crippen LogP) is 1.27. The van der Waals surface area contributed by atoms with Gasteiger partial charge in [-0.2, -0.15) is 0 Å². The molecule has 0 spiro atoms. The molecule has 0 amide bonds. The molecule has 0 radical (unpaired) electrons. The lowest BCUT2D eigenvalue weighted by atomic mass is 10.0. The van der Waals surface area contributed by atoms with Crippen molar-refractivity contribution in [1.82, 2.24) is 4.98 Å². The Labute approximate surface area is 82.5 Å². The second-order valence-electron chi connectivity index (χ2n) is 3.20. The van der Waals surface area contributed by atoms with Crippen LogP contribution in [0.1, 0.15) is 6.42 Å². The summed E-state index contributed by atoms with van der Waals surface area (Å²) >= 11 is 6.01. The van der Waals surface area contributed by atoms with Gasteiger partial charge in [-0.25, -0.2) is 0 Å². The Bertz CT molecular complexity index is 301. The molecule has 1 aliphatic heterocycles. The molecule has 1 aromatic rings. The van der Waals surface area contributed by atoms with Crippen molar-refractivity contribution in [2.24, 2.45) is 5.73 Å². The van der Waals surface area contributed by atoms with Gasteiger partial charge in [0.05, 0.1) is 10.7 Å². The Balaban J connectivity index is 2.21. The zero-order chi connectivity index (χ0) is 9.26. The number of hydrogen-bond donors (Lipinski definition) is 1. The molecule has 4 heteroatoms. The van der Waals surface area contributed by atoms with Gasteiger partial charge in [-0.15, -0.1) is 0 Å². The first-order chi connectivity index (χ1) is 6.33. The molecule has 1 aromatic heterocycles. The first-order valence-electron chi connectivity index (χ1n) is 4.39. The third kappa shape index (κ3) is 1.49. The molecule has 70 valence electrons. The Morgan fingerprint density at radius 1 is 1.69 bits per heavy atom. The zero-order valence-electron chi connectivity index (χ0n) is 7.28. The van der Waals surface area contributed by atoms with Gasteiger partial charge in [0.15, 0.2) is 0 Å². The van der Waals surface area contributed by atoms with Crippen LogP contribution in [0.4, 0.5) is 5.69 Å². The number of rotatable bonds is 2. The molecule has 2 rings (SSSR count). The summed E-state index contributed by atoms with van der Waals surface area (Å²) < 4.78 is 0. The SMILES string of the molecule is NCC1CCN1c1ccncc1Cl. The number of pyridine rings is 1. The Morgan fingerprint density at radius 2 is 2.54 bits per heavy atom. The van der Waals surface area contributed by atoms with Gasteiger partial charge in [0.2, 0.25) is 0 Å². The first-order valence-corrected chi connectivity index (χ1v) is 4.77. The highest BCUT2D eigenvalue weighted by molar-refractivity contribution is 6.33. The predicted molar refractivity (Wildman–Crippen MR) is 54.1 cm³/mol. The molecule has 0 aromatic carbocycles. The smallest absolute Gasteiger partial charge is 0.0822 e. The van der Waals surface area contributed by atoms with Crippen LogP contribution in [0.3, 0.4) is 0 Å². The summed E-state index contributed by atoms with van der Waals surface area (Å²) in [5.41, 5.74) is 6.67. The molecule has 1 fully saturated rings. The lowest BCUT2D eigenvalue weighted by Gasteiger charge is -2.42. The molecule has 13 heavy (non-hydrogen) atoms. The van der Waals surface area contributed by atoms with E-state index in [0.29, 0.717) is 17.6 Å². The Hall–Kier alpha value is -0.800. The molecule has 2 heterocycles. The lowest BCUT2D eigenvalue weighted by Crippen LogP contribution is -2.52. The summed E-state index contributed by atoms with van der Waals surface area (Å²) in [5, 5.41) is 0.709. The molecule has 1 saturated heterocycles. The molecule has 1 unspecified atom stereocenters. The molecule has 3 nitrogen and oxygen atoms in total. The lowest BCUT2D eigenvalue weighted by molar-refractivity contribution is 0.456. The van der Waals surface area contributed by atoms with Crippen LogP contribution in [0.15, 0.2) is 18.5 Å². The fourth-order valence-electron chi connectivity index (χ4n) is 1.60. The van der Waals surface area contributed by atoms with Gasteiger partial charge in [0, 0.05) is 31.5 Å². The summed E-state index contributed by atoms with van der Waals surface area (Å²) in [4.78, 5) is 6.17. The Morgan fingerprint density at radius 3 is 3.08 bits per heavy atom. The van der Waals surface area contributed by atoms with Crippen LogP contribution in [0.25, 0.3) is 0 Å². The van der Waals surface area contributed by atoms with E-state index in [-0.39, 0.29) is 0 Å². The highest BCUT2D eigenvalue weighted by Crippen LogP contribution is 2.31. The van der Waals surface area contributed by atoms with Gasteiger partial charge in [0.1, 0.15) is 0 Å². The van der Waals surface area contributed by atoms with Gasteiger partial charge in [-0.1, -0.05) is 11.6 Å². The minimum Gasteiger partial charge on any atom is -0.366 e. The van der Waals surface area contributed by atoms with Gasteiger partial charge in [-0.3, -0.25) is 4.98 Å². The third-order valence-corrected chi connectivity index (χ3v) is 2.77. The van der Waals surface area contributed by atoms with Crippen LogP contribution in [0.2, 0.25) is 5.02 Å². The van der Waals surface area contributed by atoms with Crippen molar-refractivity contribution in [3.8, 4) is 0 Å². The fourth-order valence-corrected chi connectivity index (χ4v) is 1.83. The third-order valence-electron chi connectivity index (χ3n) is 2.48. The van der Waals surface area contributed by atoms with Crippen LogP contribution < -0.4 is 10.6 Å². The molecule has 0 aliphatic carbocycles. The van der Waals surface area contributed by atoms with Crippen molar-refractivity contribution in [2.45, 2.75) is 12.5 Å². The number of hydrogen-bond acceptors (Lipinski definition) is 3. The van der Waals surface area contributed by atoms with Crippen LogP contribution in [-0.2, 0) is 0 Å². The monoisotopic (exact) mass is 197 g/mol. The first kappa shape index (κ1) is 8.78. The van der Waals surface area contributed by atoms with E-state index in [9.17, 15) is 0 Å². The van der Waals surface area contributed by atoms with Crippen molar-refractivity contribution in [1.29, 1.82) is 0 Å². The standard InChI is InChI=1S/C9H12ClN3/c10-8-6-12-3-1-9(8)13-4-2-7(13)5-11/h1,3,6-7H,2,4-5,11H2. The quantitative estimate of drug-likeness (QED) is 0.777. The maximum Gasteiger partial charge on any atom is 0.0822 e. The molecule has 2 N–H and O–H groups in total. The summed E-state index contributed by atoms with van der Waals surface area (Å²) in [6, 6.07) is 2.39. The molecular formula is C9H12ClN3. The fraction of sp³-hybridized carbons (Fsp3) is 0.444. The second-order valence-corrected chi connectivity index (χ2v) is 3.61. The van der Waals surface area contributed by atoms with Crippen molar-refractivity contribution in [3.63, 3.8) is 0 Å². The van der Waals surface area contributed by atoms with Gasteiger partial charge >= 0.3 is 0 Å². The van der Waals surface area contributed by atoms with Crippen molar-refractivity contribution >= 4 is 17.3 Å². The van der Waals surface area contributed by atoms with Gasteiger partial charge < -0.3 is 10.6 Å². The number of nitrogens with zero attached hydrogens (tertiary/aromatic N) is 2. The molecule has 1 atom stereocenters. The second kappa shape index (κ2) is 3.52. The highest BCUT2D eigenvalue weighted by Gasteiger charge is 2.27. The highest BCUT2D eigenvalue weighted by atomic mass is 35.5. The topological polar surface area (TPSA) is 42.1 Å². The van der Waals surface area contributed by atoms with Crippen LogP contribution >= 0.6 is 11.6 Å². The summed E-state index contributed by atoms with van der Waals surface area (Å²) in [6.07, 6.45) is 4.59. The largest absolute Gasteiger partial charge is 0.366 e. The van der Waals surface area contributed by atoms with E-state index >= 15 is 0 Å². The van der Waals surface area contributed by atoms with E-state index in [4.69, 9.17) is 17.3 Å². The molecule has 0 bridgehead atoms. The minimum atomic E-state index is 0.458. The summed E-state index contributed by atoms with van der Waals surface area (Å²) in [7, 11) is 0. The van der Waals surface area contributed by atoms with E-state index in [1.165, 1.54) is 0 Å². The van der Waals surface area contributed by atoms with E-state index in [0.717, 1.165) is 18.7 Å². The van der Waals surface area contributed by atoms with E-state index in [1.807, 2.05) is 6.07 Å².